The fraction of sp³-hybridized carbons (Fsp3) is 0.100. The largest absolute Gasteiger partial charge is 0.489 e. The van der Waals surface area contributed by atoms with Crippen LogP contribution < -0.4 is 10.2 Å². The molecule has 0 aliphatic heterocycles. The number of fused-ring (bicyclic) bond motifs is 1. The Morgan fingerprint density at radius 3 is 2.63 bits per heavy atom. The number of nitrogens with one attached hydrogen (secondary N) is 1. The number of imidazole rings is 1. The Kier molecular flexibility index (Phi) is 8.38. The van der Waals surface area contributed by atoms with E-state index in [1.807, 2.05) is 103 Å². The number of hydrogen-bond acceptors (Lipinski definition) is 5. The number of hydrogen-bond donors (Lipinski definition) is 1. The lowest BCUT2D eigenvalue weighted by atomic mass is 10.2. The smallest absolute Gasteiger partial charge is 0.250 e. The van der Waals surface area contributed by atoms with Gasteiger partial charge in [0.25, 0.3) is 5.91 Å². The van der Waals surface area contributed by atoms with E-state index in [0.717, 1.165) is 38.6 Å². The lowest BCUT2D eigenvalue weighted by Gasteiger charge is -2.10. The van der Waals surface area contributed by atoms with Crippen molar-refractivity contribution in [3.8, 4) is 5.75 Å². The third-order valence-electron chi connectivity index (χ3n) is 5.75. The average molecular weight is 541 g/mol. The molecule has 0 saturated carbocycles. The molecule has 5 rings (SSSR count). The molecule has 0 aliphatic carbocycles. The maximum atomic E-state index is 12.5. The Morgan fingerprint density at radius 1 is 0.974 bits per heavy atom. The highest BCUT2D eigenvalue weighted by Crippen LogP contribution is 2.27. The zero-order chi connectivity index (χ0) is 26.2. The number of amides is 1. The second-order valence-corrected chi connectivity index (χ2v) is 9.84. The Hall–Kier alpha value is -4.07. The van der Waals surface area contributed by atoms with Crippen LogP contribution in [0.15, 0.2) is 113 Å². The van der Waals surface area contributed by atoms with Crippen LogP contribution in [0.4, 0.5) is 0 Å². The summed E-state index contributed by atoms with van der Waals surface area (Å²) in [5.41, 5.74) is 7.37. The van der Waals surface area contributed by atoms with Crippen molar-refractivity contribution in [2.24, 2.45) is 5.10 Å². The van der Waals surface area contributed by atoms with Crippen molar-refractivity contribution in [3.63, 3.8) is 0 Å². The van der Waals surface area contributed by atoms with Gasteiger partial charge in [-0.25, -0.2) is 10.4 Å². The number of nitrogens with zero attached hydrogens (tertiary/aromatic N) is 3. The summed E-state index contributed by atoms with van der Waals surface area (Å²) in [4.78, 5) is 17.3. The summed E-state index contributed by atoms with van der Waals surface area (Å²) < 4.78 is 7.95. The van der Waals surface area contributed by atoms with Crippen molar-refractivity contribution in [2.45, 2.75) is 18.3 Å². The summed E-state index contributed by atoms with van der Waals surface area (Å²) >= 11 is 7.77. The van der Waals surface area contributed by atoms with Crippen LogP contribution in [0.2, 0.25) is 5.02 Å². The second-order valence-electron chi connectivity index (χ2n) is 8.49. The van der Waals surface area contributed by atoms with Gasteiger partial charge in [-0.15, -0.1) is 0 Å². The first-order chi connectivity index (χ1) is 18.7. The number of para-hydroxylation sites is 2. The van der Waals surface area contributed by atoms with E-state index in [0.29, 0.717) is 18.2 Å². The molecule has 4 aromatic carbocycles. The summed E-state index contributed by atoms with van der Waals surface area (Å²) in [5, 5.41) is 5.56. The Bertz CT molecular complexity index is 1570. The highest BCUT2D eigenvalue weighted by molar-refractivity contribution is 7.99. The van der Waals surface area contributed by atoms with Crippen molar-refractivity contribution in [1.82, 2.24) is 15.0 Å². The molecule has 0 fully saturated rings. The van der Waals surface area contributed by atoms with E-state index in [9.17, 15) is 4.79 Å². The van der Waals surface area contributed by atoms with Crippen LogP contribution in [-0.2, 0) is 17.9 Å². The zero-order valence-corrected chi connectivity index (χ0v) is 22.0. The summed E-state index contributed by atoms with van der Waals surface area (Å²) in [6, 6.07) is 33.2. The fourth-order valence-electron chi connectivity index (χ4n) is 3.88. The van der Waals surface area contributed by atoms with Crippen LogP contribution in [0.1, 0.15) is 16.7 Å². The molecule has 0 aliphatic rings. The minimum Gasteiger partial charge on any atom is -0.489 e. The molecule has 1 heterocycles. The molecule has 0 radical (unpaired) electrons. The predicted molar refractivity (Wildman–Crippen MR) is 154 cm³/mol. The van der Waals surface area contributed by atoms with Gasteiger partial charge in [-0.3, -0.25) is 4.79 Å². The molecule has 5 aromatic rings. The van der Waals surface area contributed by atoms with Crippen LogP contribution >= 0.6 is 23.4 Å². The first kappa shape index (κ1) is 25.6. The lowest BCUT2D eigenvalue weighted by Crippen LogP contribution is -2.20. The number of ether oxygens (including phenoxy) is 1. The van der Waals surface area contributed by atoms with Gasteiger partial charge in [0, 0.05) is 5.02 Å². The summed E-state index contributed by atoms with van der Waals surface area (Å²) in [5.74, 6) is 0.680. The Morgan fingerprint density at radius 2 is 1.76 bits per heavy atom. The van der Waals surface area contributed by atoms with E-state index in [2.05, 4.69) is 15.1 Å². The third kappa shape index (κ3) is 6.62. The second kappa shape index (κ2) is 12.4. The molecule has 0 unspecified atom stereocenters. The lowest BCUT2D eigenvalue weighted by molar-refractivity contribution is -0.118. The number of thioether (sulfide) groups is 1. The third-order valence-corrected chi connectivity index (χ3v) is 7.09. The standard InChI is InChI=1S/C30H25ClN4O2S/c31-26-14-5-4-12-24(26)19-35-28-16-7-6-15-27(28)33-30(35)38-21-29(36)34-32-18-23-11-8-13-25(17-23)37-20-22-9-2-1-3-10-22/h1-18H,19-21H2,(H,34,36)/b32-18+. The van der Waals surface area contributed by atoms with Crippen molar-refractivity contribution < 1.29 is 9.53 Å². The molecule has 190 valence electrons. The first-order valence-electron chi connectivity index (χ1n) is 12.1. The van der Waals surface area contributed by atoms with Gasteiger partial charge in [0.15, 0.2) is 5.16 Å². The molecule has 6 nitrogen and oxygen atoms in total. The molecule has 0 spiro atoms. The number of carbonyl (C=O) groups excluding carboxylic acids is 1. The van der Waals surface area contributed by atoms with Crippen molar-refractivity contribution in [1.29, 1.82) is 0 Å². The molecule has 0 atom stereocenters. The van der Waals surface area contributed by atoms with E-state index in [-0.39, 0.29) is 11.7 Å². The summed E-state index contributed by atoms with van der Waals surface area (Å²) in [7, 11) is 0. The number of benzene rings is 4. The van der Waals surface area contributed by atoms with E-state index in [1.165, 1.54) is 11.8 Å². The number of aromatic nitrogens is 2. The molecular weight excluding hydrogens is 516 g/mol. The van der Waals surface area contributed by atoms with Crippen LogP contribution in [-0.4, -0.2) is 27.4 Å². The average Bonchev–Trinajstić information content (AvgIpc) is 3.30. The monoisotopic (exact) mass is 540 g/mol. The van der Waals surface area contributed by atoms with Gasteiger partial charge in [-0.05, 0) is 47.0 Å². The molecule has 0 saturated heterocycles. The molecule has 1 aromatic heterocycles. The normalized spacial score (nSPS) is 11.2. The minimum absolute atomic E-state index is 0.170. The molecule has 38 heavy (non-hydrogen) atoms. The van der Waals surface area contributed by atoms with E-state index in [4.69, 9.17) is 21.3 Å². The maximum Gasteiger partial charge on any atom is 0.250 e. The van der Waals surface area contributed by atoms with Gasteiger partial charge in [-0.2, -0.15) is 5.10 Å². The van der Waals surface area contributed by atoms with E-state index < -0.39 is 0 Å². The number of rotatable bonds is 10. The van der Waals surface area contributed by atoms with Gasteiger partial charge in [0.2, 0.25) is 0 Å². The molecule has 1 amide bonds. The maximum absolute atomic E-state index is 12.5. The first-order valence-corrected chi connectivity index (χ1v) is 13.4. The fourth-order valence-corrected chi connectivity index (χ4v) is 4.88. The SMILES string of the molecule is O=C(CSc1nc2ccccc2n1Cc1ccccc1Cl)N/N=C/c1cccc(OCc2ccccc2)c1. The number of halogens is 1. The summed E-state index contributed by atoms with van der Waals surface area (Å²) in [6.45, 7) is 1.04. The van der Waals surface area contributed by atoms with Gasteiger partial charge in [-0.1, -0.05) is 96.2 Å². The number of carbonyl (C=O) groups is 1. The quantitative estimate of drug-likeness (QED) is 0.124. The molecular formula is C30H25ClN4O2S. The van der Waals surface area contributed by atoms with Gasteiger partial charge in [0.1, 0.15) is 12.4 Å². The van der Waals surface area contributed by atoms with Crippen molar-refractivity contribution in [3.05, 3.63) is 125 Å². The van der Waals surface area contributed by atoms with Crippen molar-refractivity contribution in [2.75, 3.05) is 5.75 Å². The number of hydrazone groups is 1. The minimum atomic E-state index is -0.223. The highest BCUT2D eigenvalue weighted by atomic mass is 35.5. The summed E-state index contributed by atoms with van der Waals surface area (Å²) in [6.07, 6.45) is 1.60. The van der Waals surface area contributed by atoms with E-state index in [1.54, 1.807) is 6.21 Å². The van der Waals surface area contributed by atoms with Crippen LogP contribution in [0.25, 0.3) is 11.0 Å². The topological polar surface area (TPSA) is 68.5 Å². The van der Waals surface area contributed by atoms with Crippen LogP contribution in [0, 0.1) is 0 Å². The van der Waals surface area contributed by atoms with E-state index >= 15 is 0 Å². The highest BCUT2D eigenvalue weighted by Gasteiger charge is 2.14. The van der Waals surface area contributed by atoms with Crippen LogP contribution in [0.5, 0.6) is 5.75 Å². The zero-order valence-electron chi connectivity index (χ0n) is 20.5. The van der Waals surface area contributed by atoms with Gasteiger partial charge >= 0.3 is 0 Å². The Balaban J connectivity index is 1.19. The Labute approximate surface area is 230 Å². The molecule has 0 bridgehead atoms. The molecule has 8 heteroatoms. The van der Waals surface area contributed by atoms with Gasteiger partial charge in [0.05, 0.1) is 29.5 Å². The van der Waals surface area contributed by atoms with Crippen LogP contribution in [0.3, 0.4) is 0 Å². The molecule has 1 N–H and O–H groups in total. The predicted octanol–water partition coefficient (Wildman–Crippen LogP) is 6.56. The van der Waals surface area contributed by atoms with Crippen molar-refractivity contribution >= 4 is 46.5 Å². The van der Waals surface area contributed by atoms with Gasteiger partial charge < -0.3 is 9.30 Å².